The van der Waals surface area contributed by atoms with E-state index in [-0.39, 0.29) is 17.8 Å². The number of amides is 2. The molecule has 0 aliphatic heterocycles. The first-order chi connectivity index (χ1) is 18.1. The molecule has 6 atom stereocenters. The van der Waals surface area contributed by atoms with E-state index in [4.69, 9.17) is 5.73 Å². The number of nitrogens with two attached hydrogens (primary N) is 1. The standard InChI is InChI=1S/C26H32N4O9/c1-9-10-6-7-11(28-12(31)8-29(2)3)19(32)14(10)20(33)15-13(9)21(34)17-18(30(4)5)22(35)16(25(27)38)24(37)26(17,39)23(15)36/h6-7,9,13,17-18,21,32-34,37,39H,8H2,1-5H3,(H2,27,38)(H,28,31)/t9?,13?,17-,18?,21?,26+/m1/s1. The summed E-state index contributed by atoms with van der Waals surface area (Å²) in [5.41, 5.74) is 0.921. The minimum atomic E-state index is -2.99. The quantitative estimate of drug-likeness (QED) is 0.176. The number of primary amides is 1. The highest BCUT2D eigenvalue weighted by Gasteiger charge is 2.68. The van der Waals surface area contributed by atoms with Gasteiger partial charge in [-0.25, -0.2) is 0 Å². The number of aliphatic hydroxyl groups is 4. The predicted molar refractivity (Wildman–Crippen MR) is 138 cm³/mol. The van der Waals surface area contributed by atoms with Crippen LogP contribution in [0.25, 0.3) is 5.76 Å². The number of Topliss-reactive ketones (excluding diaryl/α,β-unsaturated/α-hetero) is 2. The number of ketones is 2. The summed E-state index contributed by atoms with van der Waals surface area (Å²) >= 11 is 0. The van der Waals surface area contributed by atoms with E-state index < -0.39 is 87.3 Å². The van der Waals surface area contributed by atoms with Crippen molar-refractivity contribution < 1.29 is 44.7 Å². The SMILES string of the molecule is CC1c2ccc(NC(=O)CN(C)C)c(O)c2C(O)=C2C(=O)[C@]3(O)C(O)=C(C(N)=O)C(=O)C(N(C)C)[C@@H]3C(O)C21. The van der Waals surface area contributed by atoms with Gasteiger partial charge in [-0.05, 0) is 45.7 Å². The third kappa shape index (κ3) is 3.92. The van der Waals surface area contributed by atoms with Crippen molar-refractivity contribution in [3.63, 3.8) is 0 Å². The highest BCUT2D eigenvalue weighted by atomic mass is 16.4. The molecule has 8 N–H and O–H groups in total. The van der Waals surface area contributed by atoms with Gasteiger partial charge in [-0.1, -0.05) is 13.0 Å². The number of likely N-dealkylation sites (N-methyl/N-ethyl adjacent to an activating group) is 2. The van der Waals surface area contributed by atoms with Crippen molar-refractivity contribution in [1.82, 2.24) is 9.80 Å². The minimum absolute atomic E-state index is 0.000736. The molecule has 1 saturated carbocycles. The first kappa shape index (κ1) is 28.2. The molecule has 0 bridgehead atoms. The second-order valence-corrected chi connectivity index (χ2v) is 10.8. The van der Waals surface area contributed by atoms with Crippen LogP contribution in [0.5, 0.6) is 5.75 Å². The molecule has 13 heteroatoms. The molecule has 210 valence electrons. The lowest BCUT2D eigenvalue weighted by molar-refractivity contribution is -0.169. The third-order valence-electron chi connectivity index (χ3n) is 7.86. The van der Waals surface area contributed by atoms with Crippen LogP contribution in [-0.4, -0.2) is 111 Å². The number of nitrogens with one attached hydrogen (secondary N) is 1. The largest absolute Gasteiger partial charge is 0.508 e. The maximum absolute atomic E-state index is 14.0. The molecule has 3 aliphatic rings. The van der Waals surface area contributed by atoms with Crippen LogP contribution in [0.2, 0.25) is 0 Å². The first-order valence-corrected chi connectivity index (χ1v) is 12.2. The molecule has 1 aromatic rings. The van der Waals surface area contributed by atoms with Crippen LogP contribution in [0.15, 0.2) is 29.0 Å². The number of phenolic OH excluding ortho intramolecular Hbond substituents is 1. The summed E-state index contributed by atoms with van der Waals surface area (Å²) in [6.45, 7) is 1.63. The van der Waals surface area contributed by atoms with Crippen molar-refractivity contribution in [2.24, 2.45) is 17.6 Å². The van der Waals surface area contributed by atoms with Gasteiger partial charge < -0.3 is 41.5 Å². The molecule has 0 saturated heterocycles. The van der Waals surface area contributed by atoms with E-state index in [1.165, 1.54) is 31.1 Å². The zero-order valence-electron chi connectivity index (χ0n) is 22.1. The molecule has 4 unspecified atom stereocenters. The Morgan fingerprint density at radius 2 is 1.72 bits per heavy atom. The molecule has 1 fully saturated rings. The van der Waals surface area contributed by atoms with Crippen molar-refractivity contribution in [1.29, 1.82) is 0 Å². The van der Waals surface area contributed by atoms with Gasteiger partial charge in [0.1, 0.15) is 22.8 Å². The number of carbonyl (C=O) groups excluding carboxylic acids is 4. The summed E-state index contributed by atoms with van der Waals surface area (Å²) < 4.78 is 0. The Labute approximate surface area is 223 Å². The monoisotopic (exact) mass is 544 g/mol. The Balaban J connectivity index is 1.95. The van der Waals surface area contributed by atoms with Gasteiger partial charge in [-0.2, -0.15) is 0 Å². The zero-order chi connectivity index (χ0) is 29.3. The van der Waals surface area contributed by atoms with E-state index in [0.717, 1.165) is 0 Å². The summed E-state index contributed by atoms with van der Waals surface area (Å²) in [7, 11) is 6.23. The number of anilines is 1. The number of phenols is 1. The van der Waals surface area contributed by atoms with E-state index in [9.17, 15) is 44.7 Å². The summed E-state index contributed by atoms with van der Waals surface area (Å²) in [5, 5.41) is 59.1. The van der Waals surface area contributed by atoms with Crippen molar-refractivity contribution in [2.45, 2.75) is 30.6 Å². The number of carbonyl (C=O) groups is 4. The van der Waals surface area contributed by atoms with Crippen molar-refractivity contribution >= 4 is 34.8 Å². The topological polar surface area (TPSA) is 214 Å². The predicted octanol–water partition coefficient (Wildman–Crippen LogP) is -1.00. The molecule has 0 radical (unpaired) electrons. The summed E-state index contributed by atoms with van der Waals surface area (Å²) in [5.74, 6) is -10.2. The molecule has 4 rings (SSSR count). The summed E-state index contributed by atoms with van der Waals surface area (Å²) in [4.78, 5) is 54.4. The molecule has 1 aromatic carbocycles. The van der Waals surface area contributed by atoms with Crippen LogP contribution in [0, 0.1) is 11.8 Å². The van der Waals surface area contributed by atoms with Crippen molar-refractivity contribution in [2.75, 3.05) is 40.1 Å². The van der Waals surface area contributed by atoms with E-state index in [2.05, 4.69) is 5.32 Å². The maximum atomic E-state index is 14.0. The van der Waals surface area contributed by atoms with Crippen LogP contribution in [0.4, 0.5) is 5.69 Å². The van der Waals surface area contributed by atoms with Crippen molar-refractivity contribution in [3.05, 3.63) is 40.2 Å². The van der Waals surface area contributed by atoms with Crippen LogP contribution < -0.4 is 11.1 Å². The molecular formula is C26H32N4O9. The molecule has 3 aliphatic carbocycles. The smallest absolute Gasteiger partial charge is 0.255 e. The summed E-state index contributed by atoms with van der Waals surface area (Å²) in [6, 6.07) is 1.52. The second-order valence-electron chi connectivity index (χ2n) is 10.8. The molecule has 0 aromatic heterocycles. The van der Waals surface area contributed by atoms with Gasteiger partial charge in [0.05, 0.1) is 35.9 Å². The highest BCUT2D eigenvalue weighted by molar-refractivity contribution is 6.24. The molecule has 0 heterocycles. The number of hydrogen-bond acceptors (Lipinski definition) is 11. The lowest BCUT2D eigenvalue weighted by Crippen LogP contribution is -2.70. The van der Waals surface area contributed by atoms with Crippen LogP contribution in [-0.2, 0) is 19.2 Å². The molecule has 2 amide bonds. The maximum Gasteiger partial charge on any atom is 0.255 e. The zero-order valence-corrected chi connectivity index (χ0v) is 22.1. The van der Waals surface area contributed by atoms with Gasteiger partial charge in [0.2, 0.25) is 11.7 Å². The molecule has 0 spiro atoms. The van der Waals surface area contributed by atoms with Crippen LogP contribution in [0.1, 0.15) is 24.0 Å². The van der Waals surface area contributed by atoms with Crippen LogP contribution in [0.3, 0.4) is 0 Å². The van der Waals surface area contributed by atoms with E-state index in [0.29, 0.717) is 5.56 Å². The first-order valence-electron chi connectivity index (χ1n) is 12.2. The normalized spacial score (nSPS) is 30.3. The van der Waals surface area contributed by atoms with Gasteiger partial charge in [0.15, 0.2) is 11.4 Å². The van der Waals surface area contributed by atoms with Gasteiger partial charge in [0, 0.05) is 11.5 Å². The van der Waals surface area contributed by atoms with E-state index in [1.807, 2.05) is 0 Å². The second kappa shape index (κ2) is 9.45. The van der Waals surface area contributed by atoms with E-state index >= 15 is 0 Å². The Kier molecular flexibility index (Phi) is 6.84. The van der Waals surface area contributed by atoms with Gasteiger partial charge >= 0.3 is 0 Å². The number of aromatic hydroxyl groups is 1. The number of benzene rings is 1. The number of hydrogen-bond donors (Lipinski definition) is 7. The fraction of sp³-hybridized carbons (Fsp3) is 0.462. The minimum Gasteiger partial charge on any atom is -0.508 e. The average molecular weight is 545 g/mol. The van der Waals surface area contributed by atoms with Gasteiger partial charge in [-0.15, -0.1) is 0 Å². The Hall–Kier alpha value is -3.78. The van der Waals surface area contributed by atoms with Gasteiger partial charge in [0.25, 0.3) is 5.91 Å². The fourth-order valence-corrected chi connectivity index (χ4v) is 6.19. The lowest BCUT2D eigenvalue weighted by atomic mass is 9.54. The molecule has 39 heavy (non-hydrogen) atoms. The number of aliphatic hydroxyl groups excluding tert-OH is 3. The highest BCUT2D eigenvalue weighted by Crippen LogP contribution is 2.56. The van der Waals surface area contributed by atoms with E-state index in [1.54, 1.807) is 25.9 Å². The Morgan fingerprint density at radius 3 is 2.26 bits per heavy atom. The third-order valence-corrected chi connectivity index (χ3v) is 7.86. The van der Waals surface area contributed by atoms with Crippen molar-refractivity contribution in [3.8, 4) is 5.75 Å². The number of nitrogens with zero attached hydrogens (tertiary/aromatic N) is 2. The average Bonchev–Trinajstić information content (AvgIpc) is 2.82. The number of rotatable bonds is 5. The summed E-state index contributed by atoms with van der Waals surface area (Å²) in [6.07, 6.45) is -1.68. The Bertz CT molecular complexity index is 1370. The molecule has 13 nitrogen and oxygen atoms in total. The number of fused-ring (bicyclic) bond motifs is 3. The lowest BCUT2D eigenvalue weighted by Gasteiger charge is -2.53. The van der Waals surface area contributed by atoms with Crippen LogP contribution >= 0.6 is 0 Å². The van der Waals surface area contributed by atoms with Gasteiger partial charge in [-0.3, -0.25) is 24.1 Å². The Morgan fingerprint density at radius 1 is 1.10 bits per heavy atom. The fourth-order valence-electron chi connectivity index (χ4n) is 6.19. The molecular weight excluding hydrogens is 512 g/mol.